The van der Waals surface area contributed by atoms with Crippen molar-refractivity contribution in [1.29, 1.82) is 0 Å². The molecule has 0 saturated carbocycles. The fourth-order valence-corrected chi connectivity index (χ4v) is 4.35. The summed E-state index contributed by atoms with van der Waals surface area (Å²) >= 11 is 0. The second kappa shape index (κ2) is 9.47. The van der Waals surface area contributed by atoms with Crippen LogP contribution in [0.5, 0.6) is 11.5 Å². The van der Waals surface area contributed by atoms with E-state index in [1.54, 1.807) is 7.11 Å². The van der Waals surface area contributed by atoms with E-state index in [0.717, 1.165) is 49.2 Å². The van der Waals surface area contributed by atoms with Crippen LogP contribution in [0.2, 0.25) is 0 Å². The lowest BCUT2D eigenvalue weighted by molar-refractivity contribution is -0.138. The van der Waals surface area contributed by atoms with Crippen molar-refractivity contribution < 1.29 is 19.1 Å². The molecule has 168 valence electrons. The Morgan fingerprint density at radius 3 is 2.25 bits per heavy atom. The summed E-state index contributed by atoms with van der Waals surface area (Å²) in [5.41, 5.74) is 2.53. The van der Waals surface area contributed by atoms with Crippen LogP contribution >= 0.6 is 0 Å². The fraction of sp³-hybridized carbons (Fsp3) is 0.385. The Morgan fingerprint density at radius 2 is 1.59 bits per heavy atom. The van der Waals surface area contributed by atoms with Crippen molar-refractivity contribution in [2.45, 2.75) is 45.8 Å². The van der Waals surface area contributed by atoms with E-state index in [2.05, 4.69) is 4.90 Å². The first-order chi connectivity index (χ1) is 15.5. The van der Waals surface area contributed by atoms with Gasteiger partial charge in [-0.25, -0.2) is 0 Å². The Hall–Kier alpha value is -3.28. The minimum Gasteiger partial charge on any atom is -0.496 e. The first kappa shape index (κ1) is 21.9. The zero-order valence-corrected chi connectivity index (χ0v) is 19.0. The quantitative estimate of drug-likeness (QED) is 0.610. The number of hydrogen-bond acceptors (Lipinski definition) is 5. The highest BCUT2D eigenvalue weighted by Gasteiger charge is 2.42. The average molecular weight is 435 g/mol. The Labute approximate surface area is 189 Å². The lowest BCUT2D eigenvalue weighted by atomic mass is 10.0. The highest BCUT2D eigenvalue weighted by Crippen LogP contribution is 2.35. The van der Waals surface area contributed by atoms with E-state index >= 15 is 0 Å². The van der Waals surface area contributed by atoms with E-state index in [0.29, 0.717) is 17.0 Å². The second-order valence-electron chi connectivity index (χ2n) is 8.47. The van der Waals surface area contributed by atoms with Gasteiger partial charge in [-0.05, 0) is 56.9 Å². The number of ether oxygens (including phenoxy) is 2. The van der Waals surface area contributed by atoms with Crippen LogP contribution < -0.4 is 9.47 Å². The van der Waals surface area contributed by atoms with E-state index in [9.17, 15) is 9.59 Å². The standard InChI is InChI=1S/C26H30N2O4/c1-18(2)32-21-13-11-19(12-14-21)23-24(27-15-7-4-8-16-27)26(30)28(25(23)29)17-20-9-5-6-10-22(20)31-3/h5-6,9-14,18H,4,7-8,15-17H2,1-3H3. The largest absolute Gasteiger partial charge is 0.496 e. The number of para-hydroxylation sites is 1. The molecule has 1 fully saturated rings. The molecule has 0 bridgehead atoms. The molecule has 0 aromatic heterocycles. The molecule has 0 radical (unpaired) electrons. The zero-order valence-electron chi connectivity index (χ0n) is 19.0. The smallest absolute Gasteiger partial charge is 0.278 e. The van der Waals surface area contributed by atoms with Crippen LogP contribution in [-0.2, 0) is 16.1 Å². The van der Waals surface area contributed by atoms with Gasteiger partial charge in [0, 0.05) is 18.7 Å². The van der Waals surface area contributed by atoms with E-state index in [-0.39, 0.29) is 24.5 Å². The lowest BCUT2D eigenvalue weighted by Gasteiger charge is -2.29. The molecule has 0 atom stereocenters. The van der Waals surface area contributed by atoms with E-state index in [1.165, 1.54) is 4.90 Å². The topological polar surface area (TPSA) is 59.1 Å². The van der Waals surface area contributed by atoms with Gasteiger partial charge in [-0.2, -0.15) is 0 Å². The summed E-state index contributed by atoms with van der Waals surface area (Å²) in [6, 6.07) is 14.9. The monoisotopic (exact) mass is 434 g/mol. The number of methoxy groups -OCH3 is 1. The number of imide groups is 1. The minimum atomic E-state index is -0.265. The third kappa shape index (κ3) is 4.35. The highest BCUT2D eigenvalue weighted by molar-refractivity contribution is 6.35. The maximum absolute atomic E-state index is 13.6. The summed E-state index contributed by atoms with van der Waals surface area (Å²) in [6.07, 6.45) is 3.25. The van der Waals surface area contributed by atoms with Crippen LogP contribution in [0.25, 0.3) is 5.57 Å². The fourth-order valence-electron chi connectivity index (χ4n) is 4.35. The molecule has 6 heteroatoms. The van der Waals surface area contributed by atoms with Gasteiger partial charge in [0.15, 0.2) is 0 Å². The number of carbonyl (C=O) groups excluding carboxylic acids is 2. The molecule has 0 aliphatic carbocycles. The molecule has 6 nitrogen and oxygen atoms in total. The number of amides is 2. The number of nitrogens with zero attached hydrogens (tertiary/aromatic N) is 2. The Morgan fingerprint density at radius 1 is 0.906 bits per heavy atom. The molecule has 2 heterocycles. The average Bonchev–Trinajstić information content (AvgIpc) is 3.05. The molecule has 4 rings (SSSR count). The molecule has 2 aromatic rings. The van der Waals surface area contributed by atoms with Crippen molar-refractivity contribution >= 4 is 17.4 Å². The number of rotatable bonds is 7. The van der Waals surface area contributed by atoms with Crippen LogP contribution in [-0.4, -0.2) is 47.9 Å². The number of hydrogen-bond donors (Lipinski definition) is 0. The van der Waals surface area contributed by atoms with Crippen molar-refractivity contribution in [1.82, 2.24) is 9.80 Å². The van der Waals surface area contributed by atoms with Crippen molar-refractivity contribution in [3.05, 3.63) is 65.4 Å². The molecule has 0 spiro atoms. The molecular weight excluding hydrogens is 404 g/mol. The number of benzene rings is 2. The Bertz CT molecular complexity index is 1020. The van der Waals surface area contributed by atoms with E-state index in [4.69, 9.17) is 9.47 Å². The van der Waals surface area contributed by atoms with Gasteiger partial charge in [-0.1, -0.05) is 30.3 Å². The number of piperidine rings is 1. The van der Waals surface area contributed by atoms with Gasteiger partial charge in [0.2, 0.25) is 0 Å². The molecule has 2 amide bonds. The summed E-state index contributed by atoms with van der Waals surface area (Å²) < 4.78 is 11.2. The molecule has 2 aromatic carbocycles. The maximum Gasteiger partial charge on any atom is 0.278 e. The molecular formula is C26H30N2O4. The summed E-state index contributed by atoms with van der Waals surface area (Å²) in [4.78, 5) is 30.6. The van der Waals surface area contributed by atoms with E-state index < -0.39 is 0 Å². The van der Waals surface area contributed by atoms with Crippen LogP contribution in [0, 0.1) is 0 Å². The SMILES string of the molecule is COc1ccccc1CN1C(=O)C(c2ccc(OC(C)C)cc2)=C(N2CCCCC2)C1=O. The minimum absolute atomic E-state index is 0.0648. The molecule has 2 aliphatic heterocycles. The molecule has 32 heavy (non-hydrogen) atoms. The van der Waals surface area contributed by atoms with Gasteiger partial charge in [0.25, 0.3) is 11.8 Å². The van der Waals surface area contributed by atoms with Crippen LogP contribution in [0.3, 0.4) is 0 Å². The number of likely N-dealkylation sites (tertiary alicyclic amines) is 1. The maximum atomic E-state index is 13.6. The van der Waals surface area contributed by atoms with Gasteiger partial charge >= 0.3 is 0 Å². The van der Waals surface area contributed by atoms with Crippen molar-refractivity contribution in [3.8, 4) is 11.5 Å². The van der Waals surface area contributed by atoms with Gasteiger partial charge in [0.1, 0.15) is 17.2 Å². The molecule has 2 aliphatic rings. The van der Waals surface area contributed by atoms with Crippen molar-refractivity contribution in [2.75, 3.05) is 20.2 Å². The van der Waals surface area contributed by atoms with Crippen LogP contribution in [0.1, 0.15) is 44.2 Å². The molecule has 0 N–H and O–H groups in total. The van der Waals surface area contributed by atoms with Gasteiger partial charge in [-0.15, -0.1) is 0 Å². The Kier molecular flexibility index (Phi) is 6.49. The van der Waals surface area contributed by atoms with Crippen molar-refractivity contribution in [2.24, 2.45) is 0 Å². The van der Waals surface area contributed by atoms with E-state index in [1.807, 2.05) is 62.4 Å². The predicted molar refractivity (Wildman–Crippen MR) is 123 cm³/mol. The number of carbonyl (C=O) groups is 2. The first-order valence-electron chi connectivity index (χ1n) is 11.2. The molecule has 0 unspecified atom stereocenters. The van der Waals surface area contributed by atoms with Gasteiger partial charge in [-0.3, -0.25) is 14.5 Å². The van der Waals surface area contributed by atoms with Gasteiger partial charge < -0.3 is 14.4 Å². The molecule has 1 saturated heterocycles. The van der Waals surface area contributed by atoms with Crippen molar-refractivity contribution in [3.63, 3.8) is 0 Å². The Balaban J connectivity index is 1.70. The summed E-state index contributed by atoms with van der Waals surface area (Å²) in [5, 5.41) is 0. The predicted octanol–water partition coefficient (Wildman–Crippen LogP) is 4.25. The second-order valence-corrected chi connectivity index (χ2v) is 8.47. The van der Waals surface area contributed by atoms with Crippen LogP contribution in [0.15, 0.2) is 54.2 Å². The normalized spacial score (nSPS) is 16.9. The zero-order chi connectivity index (χ0) is 22.7. The third-order valence-electron chi connectivity index (χ3n) is 5.85. The summed E-state index contributed by atoms with van der Waals surface area (Å²) in [6.45, 7) is 5.69. The van der Waals surface area contributed by atoms with Gasteiger partial charge in [0.05, 0.1) is 25.3 Å². The third-order valence-corrected chi connectivity index (χ3v) is 5.85. The lowest BCUT2D eigenvalue weighted by Crippen LogP contribution is -2.37. The summed E-state index contributed by atoms with van der Waals surface area (Å²) in [7, 11) is 1.59. The summed E-state index contributed by atoms with van der Waals surface area (Å²) in [5.74, 6) is 0.905. The highest BCUT2D eigenvalue weighted by atomic mass is 16.5. The van der Waals surface area contributed by atoms with Crippen LogP contribution in [0.4, 0.5) is 0 Å². The first-order valence-corrected chi connectivity index (χ1v) is 11.2.